The molecule has 0 amide bonds. The summed E-state index contributed by atoms with van der Waals surface area (Å²) >= 11 is 0. The summed E-state index contributed by atoms with van der Waals surface area (Å²) in [6.07, 6.45) is 1.77. The summed E-state index contributed by atoms with van der Waals surface area (Å²) in [5.41, 5.74) is 3.13. The molecular formula is C20H26N2O4S2. The van der Waals surface area contributed by atoms with E-state index in [1.807, 2.05) is 19.1 Å². The number of nitrogens with one attached hydrogen (secondary N) is 1. The van der Waals surface area contributed by atoms with Crippen molar-refractivity contribution in [2.75, 3.05) is 13.1 Å². The number of sulfonamides is 2. The van der Waals surface area contributed by atoms with Crippen LogP contribution in [-0.2, 0) is 26.6 Å². The van der Waals surface area contributed by atoms with Crippen LogP contribution in [0.3, 0.4) is 0 Å². The Bertz CT molecular complexity index is 1050. The zero-order valence-electron chi connectivity index (χ0n) is 16.4. The van der Waals surface area contributed by atoms with Crippen LogP contribution in [0.5, 0.6) is 0 Å². The first-order valence-corrected chi connectivity index (χ1v) is 12.2. The Morgan fingerprint density at radius 1 is 0.893 bits per heavy atom. The van der Waals surface area contributed by atoms with E-state index in [1.54, 1.807) is 38.1 Å². The Labute approximate surface area is 167 Å². The largest absolute Gasteiger partial charge is 0.243 e. The van der Waals surface area contributed by atoms with Crippen molar-refractivity contribution in [3.63, 3.8) is 0 Å². The highest BCUT2D eigenvalue weighted by molar-refractivity contribution is 7.89. The fourth-order valence-electron chi connectivity index (χ4n) is 3.70. The summed E-state index contributed by atoms with van der Waals surface area (Å²) in [5, 5.41) is 0. The molecule has 0 radical (unpaired) electrons. The molecule has 3 rings (SSSR count). The lowest BCUT2D eigenvalue weighted by Crippen LogP contribution is -2.28. The van der Waals surface area contributed by atoms with Crippen molar-refractivity contribution in [2.45, 2.75) is 49.9 Å². The molecule has 2 aromatic rings. The molecule has 1 saturated heterocycles. The Kier molecular flexibility index (Phi) is 5.95. The summed E-state index contributed by atoms with van der Waals surface area (Å²) < 4.78 is 54.7. The van der Waals surface area contributed by atoms with Crippen molar-refractivity contribution in [1.29, 1.82) is 0 Å². The van der Waals surface area contributed by atoms with E-state index in [2.05, 4.69) is 4.72 Å². The third-order valence-corrected chi connectivity index (χ3v) is 8.58. The second kappa shape index (κ2) is 7.94. The summed E-state index contributed by atoms with van der Waals surface area (Å²) in [5.74, 6) is 0. The van der Waals surface area contributed by atoms with Gasteiger partial charge in [0, 0.05) is 19.6 Å². The van der Waals surface area contributed by atoms with Gasteiger partial charge in [-0.1, -0.05) is 29.8 Å². The third kappa shape index (κ3) is 4.30. The highest BCUT2D eigenvalue weighted by atomic mass is 32.2. The lowest BCUT2D eigenvalue weighted by atomic mass is 10.1. The molecule has 0 bridgehead atoms. The smallest absolute Gasteiger partial charge is 0.207 e. The first-order chi connectivity index (χ1) is 13.1. The normalized spacial score (nSPS) is 15.8. The van der Waals surface area contributed by atoms with Gasteiger partial charge >= 0.3 is 0 Å². The highest BCUT2D eigenvalue weighted by Crippen LogP contribution is 2.23. The van der Waals surface area contributed by atoms with Gasteiger partial charge in [-0.15, -0.1) is 0 Å². The number of hydrogen-bond donors (Lipinski definition) is 1. The molecule has 1 fully saturated rings. The zero-order chi connectivity index (χ0) is 20.5. The van der Waals surface area contributed by atoms with Gasteiger partial charge in [-0.3, -0.25) is 0 Å². The Morgan fingerprint density at radius 2 is 1.43 bits per heavy atom. The molecule has 152 valence electrons. The lowest BCUT2D eigenvalue weighted by Gasteiger charge is -2.16. The fourth-order valence-corrected chi connectivity index (χ4v) is 6.68. The number of benzene rings is 2. The van der Waals surface area contributed by atoms with Crippen LogP contribution in [-0.4, -0.2) is 34.2 Å². The standard InChI is InChI=1S/C20H26N2O4S2/c1-15-12-16(2)20(17(3)13-15)27(23,24)21-14-18-6-8-19(9-7-18)28(25,26)22-10-4-5-11-22/h6-9,12-13,21H,4-5,10-11,14H2,1-3H3. The van der Waals surface area contributed by atoms with Gasteiger partial charge in [-0.25, -0.2) is 21.6 Å². The second-order valence-electron chi connectivity index (χ2n) is 7.31. The highest BCUT2D eigenvalue weighted by Gasteiger charge is 2.27. The summed E-state index contributed by atoms with van der Waals surface area (Å²) in [6.45, 7) is 6.71. The third-order valence-electron chi connectivity index (χ3n) is 4.97. The van der Waals surface area contributed by atoms with Crippen molar-refractivity contribution in [2.24, 2.45) is 0 Å². The van der Waals surface area contributed by atoms with Crippen molar-refractivity contribution in [3.05, 3.63) is 58.7 Å². The monoisotopic (exact) mass is 422 g/mol. The molecule has 6 nitrogen and oxygen atoms in total. The second-order valence-corrected chi connectivity index (χ2v) is 10.9. The Balaban J connectivity index is 1.75. The minimum absolute atomic E-state index is 0.0964. The molecule has 0 aromatic heterocycles. The van der Waals surface area contributed by atoms with Crippen LogP contribution >= 0.6 is 0 Å². The first-order valence-electron chi connectivity index (χ1n) is 9.28. The minimum atomic E-state index is -3.66. The van der Waals surface area contributed by atoms with Gasteiger partial charge in [0.25, 0.3) is 0 Å². The molecule has 1 N–H and O–H groups in total. The van der Waals surface area contributed by atoms with Crippen LogP contribution in [0, 0.1) is 20.8 Å². The van der Waals surface area contributed by atoms with Crippen molar-refractivity contribution in [1.82, 2.24) is 9.03 Å². The number of rotatable bonds is 6. The van der Waals surface area contributed by atoms with Crippen LogP contribution < -0.4 is 4.72 Å². The quantitative estimate of drug-likeness (QED) is 0.776. The molecule has 0 spiro atoms. The average molecular weight is 423 g/mol. The zero-order valence-corrected chi connectivity index (χ0v) is 18.0. The Morgan fingerprint density at radius 3 is 1.96 bits per heavy atom. The van der Waals surface area contributed by atoms with Gasteiger partial charge in [-0.2, -0.15) is 4.31 Å². The van der Waals surface area contributed by atoms with Gasteiger partial charge < -0.3 is 0 Å². The fraction of sp³-hybridized carbons (Fsp3) is 0.400. The van der Waals surface area contributed by atoms with Crippen LogP contribution in [0.4, 0.5) is 0 Å². The van der Waals surface area contributed by atoms with E-state index in [0.29, 0.717) is 34.7 Å². The van der Waals surface area contributed by atoms with Crippen LogP contribution in [0.1, 0.15) is 35.1 Å². The van der Waals surface area contributed by atoms with Crippen LogP contribution in [0.25, 0.3) is 0 Å². The molecule has 1 aliphatic rings. The number of aryl methyl sites for hydroxylation is 3. The van der Waals surface area contributed by atoms with E-state index in [4.69, 9.17) is 0 Å². The van der Waals surface area contributed by atoms with Gasteiger partial charge in [0.2, 0.25) is 20.0 Å². The SMILES string of the molecule is Cc1cc(C)c(S(=O)(=O)NCc2ccc(S(=O)(=O)N3CCCC3)cc2)c(C)c1. The molecule has 8 heteroatoms. The molecule has 0 atom stereocenters. The van der Waals surface area contributed by atoms with Gasteiger partial charge in [0.15, 0.2) is 0 Å². The summed E-state index contributed by atoms with van der Waals surface area (Å²) in [4.78, 5) is 0.539. The van der Waals surface area contributed by atoms with E-state index in [1.165, 1.54) is 4.31 Å². The maximum atomic E-state index is 12.7. The number of nitrogens with zero attached hydrogens (tertiary/aromatic N) is 1. The number of hydrogen-bond acceptors (Lipinski definition) is 4. The average Bonchev–Trinajstić information content (AvgIpc) is 3.15. The maximum Gasteiger partial charge on any atom is 0.243 e. The molecule has 0 aliphatic carbocycles. The predicted octanol–water partition coefficient (Wildman–Crippen LogP) is 2.87. The molecule has 1 aliphatic heterocycles. The van der Waals surface area contributed by atoms with Crippen LogP contribution in [0.2, 0.25) is 0 Å². The topological polar surface area (TPSA) is 83.5 Å². The maximum absolute atomic E-state index is 12.7. The van der Waals surface area contributed by atoms with Gasteiger partial charge in [0.1, 0.15) is 0 Å². The predicted molar refractivity (Wildman–Crippen MR) is 109 cm³/mol. The van der Waals surface area contributed by atoms with Crippen molar-refractivity contribution in [3.8, 4) is 0 Å². The van der Waals surface area contributed by atoms with Gasteiger partial charge in [0.05, 0.1) is 9.79 Å². The van der Waals surface area contributed by atoms with E-state index in [0.717, 1.165) is 18.4 Å². The molecule has 0 saturated carbocycles. The molecular weight excluding hydrogens is 396 g/mol. The van der Waals surface area contributed by atoms with E-state index < -0.39 is 20.0 Å². The van der Waals surface area contributed by atoms with E-state index >= 15 is 0 Å². The van der Waals surface area contributed by atoms with Crippen molar-refractivity contribution >= 4 is 20.0 Å². The molecule has 0 unspecified atom stereocenters. The van der Waals surface area contributed by atoms with Gasteiger partial charge in [-0.05, 0) is 62.4 Å². The lowest BCUT2D eigenvalue weighted by molar-refractivity contribution is 0.477. The van der Waals surface area contributed by atoms with Crippen molar-refractivity contribution < 1.29 is 16.8 Å². The van der Waals surface area contributed by atoms with Crippen LogP contribution in [0.15, 0.2) is 46.2 Å². The summed E-state index contributed by atoms with van der Waals surface area (Å²) in [6, 6.07) is 10.1. The molecule has 28 heavy (non-hydrogen) atoms. The van der Waals surface area contributed by atoms with E-state index in [-0.39, 0.29) is 11.4 Å². The first kappa shape index (κ1) is 21.0. The van der Waals surface area contributed by atoms with E-state index in [9.17, 15) is 16.8 Å². The Hall–Kier alpha value is -1.74. The molecule has 2 aromatic carbocycles. The minimum Gasteiger partial charge on any atom is -0.207 e. The molecule has 1 heterocycles. The summed E-state index contributed by atoms with van der Waals surface area (Å²) in [7, 11) is -7.13.